The molecule has 1 unspecified atom stereocenters. The Kier molecular flexibility index (Phi) is 5.37. The van der Waals surface area contributed by atoms with Crippen LogP contribution in [0.5, 0.6) is 0 Å². The molecule has 1 atom stereocenters. The third kappa shape index (κ3) is 6.99. The number of ether oxygens (including phenoxy) is 1. The minimum atomic E-state index is -0.911. The van der Waals surface area contributed by atoms with Crippen LogP contribution in [0.4, 0.5) is 0 Å². The molecule has 1 N–H and O–H groups in total. The van der Waals surface area contributed by atoms with Crippen LogP contribution >= 0.6 is 0 Å². The number of hydrogen-bond acceptors (Lipinski definition) is 3. The lowest BCUT2D eigenvalue weighted by atomic mass is 10.2. The first-order valence-corrected chi connectivity index (χ1v) is 3.37. The van der Waals surface area contributed by atoms with Crippen LogP contribution in [0.25, 0.3) is 0 Å². The number of aliphatic carboxylic acids is 1. The Bertz CT molecular complexity index is 145. The molecule has 4 heteroatoms. The average molecular weight is 159 g/mol. The first-order valence-electron chi connectivity index (χ1n) is 3.37. The van der Waals surface area contributed by atoms with Gasteiger partial charge in [0.25, 0.3) is 0 Å². The summed E-state index contributed by atoms with van der Waals surface area (Å²) in [6.07, 6.45) is 1.59. The molecular formula is C7H13NO3. The summed E-state index contributed by atoms with van der Waals surface area (Å²) in [5, 5.41) is 8.21. The zero-order valence-corrected chi connectivity index (χ0v) is 6.78. The Morgan fingerprint density at radius 2 is 2.45 bits per heavy atom. The van der Waals surface area contributed by atoms with Crippen molar-refractivity contribution in [1.82, 2.24) is 0 Å². The van der Waals surface area contributed by atoms with Crippen LogP contribution in [0.15, 0.2) is 4.99 Å². The Labute approximate surface area is 65.9 Å². The lowest BCUT2D eigenvalue weighted by molar-refractivity contribution is -0.135. The zero-order chi connectivity index (χ0) is 8.69. The summed E-state index contributed by atoms with van der Waals surface area (Å²) < 4.78 is 4.82. The largest absolute Gasteiger partial charge is 0.480 e. The normalized spacial score (nSPS) is 13.6. The van der Waals surface area contributed by atoms with Crippen molar-refractivity contribution in [3.8, 4) is 0 Å². The third-order valence-electron chi connectivity index (χ3n) is 1.02. The van der Waals surface area contributed by atoms with Crippen molar-refractivity contribution in [3.05, 3.63) is 0 Å². The van der Waals surface area contributed by atoms with Crippen LogP contribution in [0.3, 0.4) is 0 Å². The molecule has 0 aromatic rings. The molecule has 64 valence electrons. The number of aliphatic imine (C=N–C) groups is 1. The Morgan fingerprint density at radius 3 is 2.91 bits per heavy atom. The van der Waals surface area contributed by atoms with Gasteiger partial charge in [0, 0.05) is 19.2 Å². The van der Waals surface area contributed by atoms with E-state index in [1.807, 2.05) is 6.92 Å². The number of hydrogen-bond donors (Lipinski definition) is 1. The van der Waals surface area contributed by atoms with Gasteiger partial charge in [0.15, 0.2) is 0 Å². The van der Waals surface area contributed by atoms with Gasteiger partial charge >= 0.3 is 5.97 Å². The number of carboxylic acids is 1. The summed E-state index contributed by atoms with van der Waals surface area (Å²) in [6, 6.07) is 0. The predicted molar refractivity (Wildman–Crippen MR) is 42.0 cm³/mol. The van der Waals surface area contributed by atoms with Crippen molar-refractivity contribution in [3.63, 3.8) is 0 Å². The van der Waals surface area contributed by atoms with E-state index >= 15 is 0 Å². The SMILES string of the molecule is COCC(C)C=NCC(=O)O. The lowest BCUT2D eigenvalue weighted by Crippen LogP contribution is -2.07. The van der Waals surface area contributed by atoms with E-state index < -0.39 is 5.97 Å². The maximum absolute atomic E-state index is 9.99. The Balaban J connectivity index is 3.47. The van der Waals surface area contributed by atoms with E-state index in [1.165, 1.54) is 0 Å². The number of rotatable bonds is 5. The summed E-state index contributed by atoms with van der Waals surface area (Å²) in [5.41, 5.74) is 0. The van der Waals surface area contributed by atoms with Gasteiger partial charge in [-0.2, -0.15) is 0 Å². The van der Waals surface area contributed by atoms with Crippen molar-refractivity contribution in [2.45, 2.75) is 6.92 Å². The molecule has 0 bridgehead atoms. The molecular weight excluding hydrogens is 146 g/mol. The standard InChI is InChI=1S/C7H13NO3/c1-6(5-11-2)3-8-4-7(9)10/h3,6H,4-5H2,1-2H3,(H,9,10). The maximum atomic E-state index is 9.99. The third-order valence-corrected chi connectivity index (χ3v) is 1.02. The monoisotopic (exact) mass is 159 g/mol. The van der Waals surface area contributed by atoms with Crippen molar-refractivity contribution in [2.24, 2.45) is 10.9 Å². The van der Waals surface area contributed by atoms with Gasteiger partial charge in [-0.25, -0.2) is 0 Å². The molecule has 0 saturated carbocycles. The van der Waals surface area contributed by atoms with Gasteiger partial charge in [-0.05, 0) is 0 Å². The number of carboxylic acid groups (broad SMARTS) is 1. The number of carbonyl (C=O) groups is 1. The fourth-order valence-corrected chi connectivity index (χ4v) is 0.617. The van der Waals surface area contributed by atoms with Gasteiger partial charge in [0.1, 0.15) is 6.54 Å². The molecule has 0 saturated heterocycles. The highest BCUT2D eigenvalue weighted by molar-refractivity contribution is 5.72. The van der Waals surface area contributed by atoms with Gasteiger partial charge in [0.05, 0.1) is 6.61 Å². The second-order valence-corrected chi connectivity index (χ2v) is 2.32. The quantitative estimate of drug-likeness (QED) is 0.591. The highest BCUT2D eigenvalue weighted by Crippen LogP contribution is 1.89. The topological polar surface area (TPSA) is 58.9 Å². The fourth-order valence-electron chi connectivity index (χ4n) is 0.617. The Morgan fingerprint density at radius 1 is 1.82 bits per heavy atom. The minimum absolute atomic E-state index is 0.159. The molecule has 0 spiro atoms. The van der Waals surface area contributed by atoms with Crippen LogP contribution < -0.4 is 0 Å². The fraction of sp³-hybridized carbons (Fsp3) is 0.714. The molecule has 0 fully saturated rings. The highest BCUT2D eigenvalue weighted by Gasteiger charge is 1.96. The van der Waals surface area contributed by atoms with Crippen LogP contribution in [-0.2, 0) is 9.53 Å². The van der Waals surface area contributed by atoms with Gasteiger partial charge in [-0.3, -0.25) is 9.79 Å². The molecule has 0 aromatic carbocycles. The number of methoxy groups -OCH3 is 1. The lowest BCUT2D eigenvalue weighted by Gasteiger charge is -2.01. The molecule has 0 aliphatic carbocycles. The van der Waals surface area contributed by atoms with Crippen molar-refractivity contribution in [1.29, 1.82) is 0 Å². The maximum Gasteiger partial charge on any atom is 0.325 e. The first-order chi connectivity index (χ1) is 5.16. The molecule has 0 aliphatic heterocycles. The molecule has 11 heavy (non-hydrogen) atoms. The summed E-state index contributed by atoms with van der Waals surface area (Å²) in [5.74, 6) is -0.731. The van der Waals surface area contributed by atoms with Crippen LogP contribution in [0, 0.1) is 5.92 Å². The van der Waals surface area contributed by atoms with Gasteiger partial charge < -0.3 is 9.84 Å². The van der Waals surface area contributed by atoms with E-state index in [-0.39, 0.29) is 12.5 Å². The van der Waals surface area contributed by atoms with E-state index in [0.29, 0.717) is 6.61 Å². The van der Waals surface area contributed by atoms with E-state index in [1.54, 1.807) is 13.3 Å². The average Bonchev–Trinajstić information content (AvgIpc) is 1.87. The minimum Gasteiger partial charge on any atom is -0.480 e. The van der Waals surface area contributed by atoms with E-state index in [9.17, 15) is 4.79 Å². The first kappa shape index (κ1) is 10.1. The Hall–Kier alpha value is -0.900. The zero-order valence-electron chi connectivity index (χ0n) is 6.78. The van der Waals surface area contributed by atoms with Crippen LogP contribution in [0.1, 0.15) is 6.92 Å². The second kappa shape index (κ2) is 5.85. The summed E-state index contributed by atoms with van der Waals surface area (Å²) in [6.45, 7) is 2.33. The van der Waals surface area contributed by atoms with Gasteiger partial charge in [0.2, 0.25) is 0 Å². The molecule has 0 aromatic heterocycles. The number of nitrogens with zero attached hydrogens (tertiary/aromatic N) is 1. The molecule has 4 nitrogen and oxygen atoms in total. The van der Waals surface area contributed by atoms with Gasteiger partial charge in [-0.15, -0.1) is 0 Å². The molecule has 0 aliphatic rings. The van der Waals surface area contributed by atoms with Gasteiger partial charge in [-0.1, -0.05) is 6.92 Å². The molecule has 0 amide bonds. The summed E-state index contributed by atoms with van der Waals surface area (Å²) in [4.78, 5) is 13.7. The second-order valence-electron chi connectivity index (χ2n) is 2.32. The van der Waals surface area contributed by atoms with E-state index in [2.05, 4.69) is 4.99 Å². The van der Waals surface area contributed by atoms with E-state index in [4.69, 9.17) is 9.84 Å². The van der Waals surface area contributed by atoms with Crippen molar-refractivity contribution < 1.29 is 14.6 Å². The van der Waals surface area contributed by atoms with Crippen molar-refractivity contribution >= 4 is 12.2 Å². The van der Waals surface area contributed by atoms with Crippen LogP contribution in [0.2, 0.25) is 0 Å². The van der Waals surface area contributed by atoms with Crippen molar-refractivity contribution in [2.75, 3.05) is 20.3 Å². The smallest absolute Gasteiger partial charge is 0.325 e. The summed E-state index contributed by atoms with van der Waals surface area (Å²) >= 11 is 0. The van der Waals surface area contributed by atoms with E-state index in [0.717, 1.165) is 0 Å². The molecule has 0 rings (SSSR count). The molecule has 0 heterocycles. The summed E-state index contributed by atoms with van der Waals surface area (Å²) in [7, 11) is 1.60. The predicted octanol–water partition coefficient (Wildman–Crippen LogP) is 0.424. The molecule has 0 radical (unpaired) electrons. The highest BCUT2D eigenvalue weighted by atomic mass is 16.5. The van der Waals surface area contributed by atoms with Crippen LogP contribution in [-0.4, -0.2) is 37.6 Å².